The first-order valence-electron chi connectivity index (χ1n) is 7.19. The second-order valence-electron chi connectivity index (χ2n) is 5.65. The predicted octanol–water partition coefficient (Wildman–Crippen LogP) is 1.81. The Morgan fingerprint density at radius 2 is 1.76 bits per heavy atom. The molecule has 1 aromatic carbocycles. The lowest BCUT2D eigenvalue weighted by Gasteiger charge is -2.23. The Bertz CT molecular complexity index is 485. The van der Waals surface area contributed by atoms with Gasteiger partial charge in [0.2, 0.25) is 11.8 Å². The number of hydrogen-bond acceptors (Lipinski definition) is 3. The number of benzene rings is 1. The smallest absolute Gasteiger partial charge is 0.227 e. The quantitative estimate of drug-likeness (QED) is 0.747. The molecule has 21 heavy (non-hydrogen) atoms. The number of aryl methyl sites for hydroxylation is 1. The van der Waals surface area contributed by atoms with Gasteiger partial charge in [-0.3, -0.25) is 9.59 Å². The second kappa shape index (κ2) is 7.78. The molecule has 0 aliphatic carbocycles. The van der Waals surface area contributed by atoms with Crippen LogP contribution in [-0.4, -0.2) is 23.9 Å². The van der Waals surface area contributed by atoms with Crippen LogP contribution < -0.4 is 16.4 Å². The molecule has 0 bridgehead atoms. The molecule has 0 aliphatic rings. The standard InChI is InChI=1S/C16H25N3O2/c1-10-5-7-14(8-6-10)19-16(21)11(2)9-15(17)12(3)18-13(4)20/h5-8,11-12,15H,9,17H2,1-4H3,(H,18,20)(H,19,21). The lowest BCUT2D eigenvalue weighted by atomic mass is 9.97. The van der Waals surface area contributed by atoms with E-state index in [9.17, 15) is 9.59 Å². The van der Waals surface area contributed by atoms with Gasteiger partial charge in [0.1, 0.15) is 0 Å². The van der Waals surface area contributed by atoms with E-state index in [0.717, 1.165) is 11.3 Å². The molecular weight excluding hydrogens is 266 g/mol. The fourth-order valence-corrected chi connectivity index (χ4v) is 2.05. The summed E-state index contributed by atoms with van der Waals surface area (Å²) in [7, 11) is 0. The maximum atomic E-state index is 12.1. The average Bonchev–Trinajstić information content (AvgIpc) is 2.40. The van der Waals surface area contributed by atoms with Gasteiger partial charge in [-0.15, -0.1) is 0 Å². The Morgan fingerprint density at radius 3 is 2.29 bits per heavy atom. The number of hydrogen-bond donors (Lipinski definition) is 3. The molecule has 1 aromatic rings. The third-order valence-corrected chi connectivity index (χ3v) is 3.47. The van der Waals surface area contributed by atoms with Gasteiger partial charge in [-0.2, -0.15) is 0 Å². The number of carbonyl (C=O) groups is 2. The average molecular weight is 291 g/mol. The van der Waals surface area contributed by atoms with E-state index < -0.39 is 0 Å². The van der Waals surface area contributed by atoms with Crippen molar-refractivity contribution in [2.45, 2.75) is 46.2 Å². The van der Waals surface area contributed by atoms with Gasteiger partial charge in [0.15, 0.2) is 0 Å². The molecular formula is C16H25N3O2. The van der Waals surface area contributed by atoms with Crippen LogP contribution in [-0.2, 0) is 9.59 Å². The van der Waals surface area contributed by atoms with E-state index in [1.54, 1.807) is 0 Å². The van der Waals surface area contributed by atoms with Crippen LogP contribution >= 0.6 is 0 Å². The highest BCUT2D eigenvalue weighted by Crippen LogP contribution is 2.13. The molecule has 1 rings (SSSR count). The third kappa shape index (κ3) is 5.95. The Balaban J connectivity index is 2.50. The number of nitrogens with two attached hydrogens (primary N) is 1. The molecule has 3 unspecified atom stereocenters. The van der Waals surface area contributed by atoms with E-state index in [2.05, 4.69) is 10.6 Å². The summed E-state index contributed by atoms with van der Waals surface area (Å²) < 4.78 is 0. The van der Waals surface area contributed by atoms with Crippen LogP contribution in [0, 0.1) is 12.8 Å². The largest absolute Gasteiger partial charge is 0.352 e. The van der Waals surface area contributed by atoms with E-state index >= 15 is 0 Å². The molecule has 0 spiro atoms. The van der Waals surface area contributed by atoms with Gasteiger partial charge in [0.05, 0.1) is 0 Å². The van der Waals surface area contributed by atoms with Crippen LogP contribution in [0.3, 0.4) is 0 Å². The zero-order chi connectivity index (χ0) is 16.0. The maximum absolute atomic E-state index is 12.1. The van der Waals surface area contributed by atoms with Crippen molar-refractivity contribution >= 4 is 17.5 Å². The van der Waals surface area contributed by atoms with Crippen LogP contribution in [0.25, 0.3) is 0 Å². The lowest BCUT2D eigenvalue weighted by molar-refractivity contribution is -0.119. The lowest BCUT2D eigenvalue weighted by Crippen LogP contribution is -2.46. The summed E-state index contributed by atoms with van der Waals surface area (Å²) in [6.45, 7) is 7.13. The van der Waals surface area contributed by atoms with Gasteiger partial charge in [-0.1, -0.05) is 24.6 Å². The zero-order valence-corrected chi connectivity index (χ0v) is 13.1. The monoisotopic (exact) mass is 291 g/mol. The molecule has 0 saturated carbocycles. The van der Waals surface area contributed by atoms with Crippen molar-refractivity contribution in [3.8, 4) is 0 Å². The second-order valence-corrected chi connectivity index (χ2v) is 5.65. The highest BCUT2D eigenvalue weighted by Gasteiger charge is 2.21. The van der Waals surface area contributed by atoms with E-state index in [1.807, 2.05) is 45.0 Å². The van der Waals surface area contributed by atoms with Gasteiger partial charge < -0.3 is 16.4 Å². The van der Waals surface area contributed by atoms with Crippen molar-refractivity contribution in [3.63, 3.8) is 0 Å². The molecule has 0 fully saturated rings. The van der Waals surface area contributed by atoms with Gasteiger partial charge in [0.25, 0.3) is 0 Å². The number of amides is 2. The number of rotatable bonds is 6. The minimum Gasteiger partial charge on any atom is -0.352 e. The maximum Gasteiger partial charge on any atom is 0.227 e. The number of anilines is 1. The molecule has 0 heterocycles. The normalized spacial score (nSPS) is 14.9. The van der Waals surface area contributed by atoms with E-state index in [-0.39, 0.29) is 29.8 Å². The minimum absolute atomic E-state index is 0.0654. The Morgan fingerprint density at radius 1 is 1.19 bits per heavy atom. The molecule has 5 nitrogen and oxygen atoms in total. The van der Waals surface area contributed by atoms with E-state index in [4.69, 9.17) is 5.73 Å². The van der Waals surface area contributed by atoms with Crippen molar-refractivity contribution in [2.24, 2.45) is 11.7 Å². The first-order valence-corrected chi connectivity index (χ1v) is 7.19. The SMILES string of the molecule is CC(=O)NC(C)C(N)CC(C)C(=O)Nc1ccc(C)cc1. The molecule has 3 atom stereocenters. The summed E-state index contributed by atoms with van der Waals surface area (Å²) >= 11 is 0. The first-order chi connectivity index (χ1) is 9.79. The molecule has 5 heteroatoms. The van der Waals surface area contributed by atoms with Gasteiger partial charge >= 0.3 is 0 Å². The first kappa shape index (κ1) is 17.2. The van der Waals surface area contributed by atoms with Gasteiger partial charge in [0, 0.05) is 30.6 Å². The minimum atomic E-state index is -0.257. The number of carbonyl (C=O) groups excluding carboxylic acids is 2. The highest BCUT2D eigenvalue weighted by molar-refractivity contribution is 5.92. The van der Waals surface area contributed by atoms with Gasteiger partial charge in [-0.25, -0.2) is 0 Å². The van der Waals surface area contributed by atoms with Crippen molar-refractivity contribution in [1.82, 2.24) is 5.32 Å². The molecule has 0 aromatic heterocycles. The molecule has 0 saturated heterocycles. The van der Waals surface area contributed by atoms with E-state index in [1.165, 1.54) is 6.92 Å². The summed E-state index contributed by atoms with van der Waals surface area (Å²) in [6.07, 6.45) is 0.513. The van der Waals surface area contributed by atoms with Crippen LogP contribution in [0.1, 0.15) is 32.8 Å². The van der Waals surface area contributed by atoms with Crippen molar-refractivity contribution in [3.05, 3.63) is 29.8 Å². The zero-order valence-electron chi connectivity index (χ0n) is 13.1. The summed E-state index contributed by atoms with van der Waals surface area (Å²) in [5.74, 6) is -0.406. The fraction of sp³-hybridized carbons (Fsp3) is 0.500. The summed E-state index contributed by atoms with van der Waals surface area (Å²) in [6, 6.07) is 7.24. The van der Waals surface area contributed by atoms with Crippen LogP contribution in [0.15, 0.2) is 24.3 Å². The fourth-order valence-electron chi connectivity index (χ4n) is 2.05. The Kier molecular flexibility index (Phi) is 6.37. The van der Waals surface area contributed by atoms with Crippen LogP contribution in [0.2, 0.25) is 0 Å². The Labute approximate surface area is 126 Å². The number of nitrogens with one attached hydrogen (secondary N) is 2. The van der Waals surface area contributed by atoms with E-state index in [0.29, 0.717) is 6.42 Å². The predicted molar refractivity (Wildman–Crippen MR) is 84.8 cm³/mol. The Hall–Kier alpha value is -1.88. The topological polar surface area (TPSA) is 84.2 Å². The van der Waals surface area contributed by atoms with Crippen molar-refractivity contribution in [2.75, 3.05) is 5.32 Å². The molecule has 0 aliphatic heterocycles. The highest BCUT2D eigenvalue weighted by atomic mass is 16.2. The van der Waals surface area contributed by atoms with Crippen LogP contribution in [0.4, 0.5) is 5.69 Å². The molecule has 4 N–H and O–H groups in total. The molecule has 0 radical (unpaired) electrons. The summed E-state index contributed by atoms with van der Waals surface area (Å²) in [5, 5.41) is 5.62. The third-order valence-electron chi connectivity index (χ3n) is 3.47. The molecule has 2 amide bonds. The summed E-state index contributed by atoms with van der Waals surface area (Å²) in [4.78, 5) is 23.1. The molecule has 116 valence electrons. The van der Waals surface area contributed by atoms with Crippen molar-refractivity contribution < 1.29 is 9.59 Å². The van der Waals surface area contributed by atoms with Crippen LogP contribution in [0.5, 0.6) is 0 Å². The summed E-state index contributed by atoms with van der Waals surface area (Å²) in [5.41, 5.74) is 7.95. The van der Waals surface area contributed by atoms with Crippen molar-refractivity contribution in [1.29, 1.82) is 0 Å². The van der Waals surface area contributed by atoms with Gasteiger partial charge in [-0.05, 0) is 32.4 Å².